The maximum absolute atomic E-state index is 11.2. The molecule has 0 aromatic rings. The number of carbonyl (C=O) groups is 1. The number of ether oxygens (including phenoxy) is 1. The third-order valence-corrected chi connectivity index (χ3v) is 4.49. The Morgan fingerprint density at radius 3 is 2.65 bits per heavy atom. The summed E-state index contributed by atoms with van der Waals surface area (Å²) in [6.45, 7) is 4.36. The molecular formula is C16H29NO3. The van der Waals surface area contributed by atoms with Gasteiger partial charge >= 0.3 is 5.97 Å². The normalized spacial score (nSPS) is 20.4. The van der Waals surface area contributed by atoms with Crippen molar-refractivity contribution in [1.82, 2.24) is 0 Å². The molecule has 4 heteroatoms. The van der Waals surface area contributed by atoms with E-state index >= 15 is 0 Å². The summed E-state index contributed by atoms with van der Waals surface area (Å²) >= 11 is 0. The second kappa shape index (κ2) is 8.42. The Balaban J connectivity index is 2.24. The van der Waals surface area contributed by atoms with E-state index in [0.717, 1.165) is 19.3 Å². The quantitative estimate of drug-likeness (QED) is 0.504. The number of aliphatic hydroxyl groups is 1. The minimum absolute atomic E-state index is 0.138. The number of rotatable bonds is 9. The number of esters is 1. The second-order valence-electron chi connectivity index (χ2n) is 5.76. The van der Waals surface area contributed by atoms with Gasteiger partial charge < -0.3 is 15.6 Å². The molecule has 0 bridgehead atoms. The van der Waals surface area contributed by atoms with Crippen LogP contribution in [0.4, 0.5) is 0 Å². The van der Waals surface area contributed by atoms with Crippen LogP contribution < -0.4 is 5.73 Å². The molecule has 4 nitrogen and oxygen atoms in total. The zero-order chi connectivity index (χ0) is 15.0. The Hall–Kier alpha value is -0.870. The molecule has 0 heterocycles. The average Bonchev–Trinajstić information content (AvgIpc) is 2.36. The third-order valence-electron chi connectivity index (χ3n) is 4.49. The van der Waals surface area contributed by atoms with Gasteiger partial charge in [-0.2, -0.15) is 0 Å². The largest absolute Gasteiger partial charge is 0.466 e. The Morgan fingerprint density at radius 1 is 1.45 bits per heavy atom. The lowest BCUT2D eigenvalue weighted by atomic mass is 9.63. The molecule has 3 N–H and O–H groups in total. The van der Waals surface area contributed by atoms with Crippen LogP contribution in [0.2, 0.25) is 0 Å². The monoisotopic (exact) mass is 283 g/mol. The van der Waals surface area contributed by atoms with Crippen molar-refractivity contribution >= 4 is 5.97 Å². The zero-order valence-corrected chi connectivity index (χ0v) is 12.8. The first-order valence-electron chi connectivity index (χ1n) is 7.80. The lowest BCUT2D eigenvalue weighted by molar-refractivity contribution is -0.143. The molecule has 0 radical (unpaired) electrons. The van der Waals surface area contributed by atoms with Crippen LogP contribution in [0.25, 0.3) is 0 Å². The molecule has 1 rings (SSSR count). The molecule has 0 aromatic heterocycles. The zero-order valence-electron chi connectivity index (χ0n) is 12.8. The maximum Gasteiger partial charge on any atom is 0.305 e. The fourth-order valence-corrected chi connectivity index (χ4v) is 2.80. The highest BCUT2D eigenvalue weighted by atomic mass is 16.5. The van der Waals surface area contributed by atoms with Gasteiger partial charge in [0.2, 0.25) is 0 Å². The predicted molar refractivity (Wildman–Crippen MR) is 80.2 cm³/mol. The Bertz CT molecular complexity index is 318. The molecule has 116 valence electrons. The fourth-order valence-electron chi connectivity index (χ4n) is 2.80. The molecule has 2 atom stereocenters. The number of nitrogens with two attached hydrogens (primary N) is 1. The first-order chi connectivity index (χ1) is 9.54. The summed E-state index contributed by atoms with van der Waals surface area (Å²) in [6, 6.07) is -0.148. The van der Waals surface area contributed by atoms with Gasteiger partial charge in [-0.3, -0.25) is 4.79 Å². The van der Waals surface area contributed by atoms with Gasteiger partial charge in [0.1, 0.15) is 0 Å². The van der Waals surface area contributed by atoms with Crippen LogP contribution in [-0.2, 0) is 9.53 Å². The van der Waals surface area contributed by atoms with E-state index < -0.39 is 0 Å². The molecule has 0 aromatic carbocycles. The highest BCUT2D eigenvalue weighted by Crippen LogP contribution is 2.47. The highest BCUT2D eigenvalue weighted by Gasteiger charge is 2.40. The summed E-state index contributed by atoms with van der Waals surface area (Å²) in [6.07, 6.45) is 9.70. The number of hydrogen-bond acceptors (Lipinski definition) is 4. The van der Waals surface area contributed by atoms with Crippen molar-refractivity contribution in [1.29, 1.82) is 0 Å². The topological polar surface area (TPSA) is 72.5 Å². The van der Waals surface area contributed by atoms with Crippen LogP contribution in [0.3, 0.4) is 0 Å². The molecule has 0 amide bonds. The first kappa shape index (κ1) is 17.2. The van der Waals surface area contributed by atoms with E-state index in [1.807, 2.05) is 12.2 Å². The van der Waals surface area contributed by atoms with Crippen LogP contribution in [0.1, 0.15) is 58.8 Å². The summed E-state index contributed by atoms with van der Waals surface area (Å²) in [5, 5.41) is 10.3. The Labute approximate surface area is 122 Å². The SMILES string of the molecule is CCOC(=O)CC[C@@H](N)C=CC[C@H](O)C1(CC)CCC1. The first-order valence-corrected chi connectivity index (χ1v) is 7.80. The lowest BCUT2D eigenvalue weighted by Crippen LogP contribution is -2.40. The Morgan fingerprint density at radius 2 is 2.15 bits per heavy atom. The van der Waals surface area contributed by atoms with Gasteiger partial charge in [0, 0.05) is 12.5 Å². The molecule has 0 saturated heterocycles. The van der Waals surface area contributed by atoms with E-state index in [0.29, 0.717) is 25.9 Å². The predicted octanol–water partition coefficient (Wildman–Crippen LogP) is 2.54. The van der Waals surface area contributed by atoms with Crippen molar-refractivity contribution in [2.75, 3.05) is 6.61 Å². The number of carbonyl (C=O) groups excluding carboxylic acids is 1. The van der Waals surface area contributed by atoms with Crippen LogP contribution in [-0.4, -0.2) is 29.8 Å². The molecule has 1 aliphatic carbocycles. The van der Waals surface area contributed by atoms with Crippen LogP contribution >= 0.6 is 0 Å². The van der Waals surface area contributed by atoms with Crippen molar-refractivity contribution in [2.45, 2.75) is 70.9 Å². The van der Waals surface area contributed by atoms with E-state index in [4.69, 9.17) is 10.5 Å². The lowest BCUT2D eigenvalue weighted by Gasteiger charge is -2.45. The molecule has 1 saturated carbocycles. The third kappa shape index (κ3) is 4.91. The summed E-state index contributed by atoms with van der Waals surface area (Å²) in [5.74, 6) is -0.198. The highest BCUT2D eigenvalue weighted by molar-refractivity contribution is 5.69. The van der Waals surface area contributed by atoms with Gasteiger partial charge in [-0.05, 0) is 44.4 Å². The van der Waals surface area contributed by atoms with Crippen molar-refractivity contribution < 1.29 is 14.6 Å². The summed E-state index contributed by atoms with van der Waals surface area (Å²) in [7, 11) is 0. The smallest absolute Gasteiger partial charge is 0.305 e. The fraction of sp³-hybridized carbons (Fsp3) is 0.812. The summed E-state index contributed by atoms with van der Waals surface area (Å²) < 4.78 is 4.86. The van der Waals surface area contributed by atoms with E-state index in [-0.39, 0.29) is 23.5 Å². The van der Waals surface area contributed by atoms with Gasteiger partial charge in [-0.25, -0.2) is 0 Å². The van der Waals surface area contributed by atoms with Gasteiger partial charge in [0.25, 0.3) is 0 Å². The van der Waals surface area contributed by atoms with Crippen LogP contribution in [0, 0.1) is 5.41 Å². The molecule has 20 heavy (non-hydrogen) atoms. The van der Waals surface area contributed by atoms with Crippen LogP contribution in [0.15, 0.2) is 12.2 Å². The van der Waals surface area contributed by atoms with Gasteiger partial charge in [0.05, 0.1) is 12.7 Å². The van der Waals surface area contributed by atoms with Gasteiger partial charge in [-0.1, -0.05) is 25.5 Å². The van der Waals surface area contributed by atoms with Crippen LogP contribution in [0.5, 0.6) is 0 Å². The molecule has 0 unspecified atom stereocenters. The molecule has 0 spiro atoms. The van der Waals surface area contributed by atoms with Crippen molar-refractivity contribution in [3.63, 3.8) is 0 Å². The van der Waals surface area contributed by atoms with E-state index in [1.165, 1.54) is 6.42 Å². The van der Waals surface area contributed by atoms with Crippen molar-refractivity contribution in [2.24, 2.45) is 11.1 Å². The van der Waals surface area contributed by atoms with Gasteiger partial charge in [-0.15, -0.1) is 0 Å². The van der Waals surface area contributed by atoms with Gasteiger partial charge in [0.15, 0.2) is 0 Å². The van der Waals surface area contributed by atoms with Crippen molar-refractivity contribution in [3.05, 3.63) is 12.2 Å². The van der Waals surface area contributed by atoms with E-state index in [1.54, 1.807) is 6.92 Å². The van der Waals surface area contributed by atoms with Crippen molar-refractivity contribution in [3.8, 4) is 0 Å². The number of aliphatic hydroxyl groups excluding tert-OH is 1. The minimum atomic E-state index is -0.269. The Kier molecular flexibility index (Phi) is 7.24. The van der Waals surface area contributed by atoms with E-state index in [9.17, 15) is 9.90 Å². The molecular weight excluding hydrogens is 254 g/mol. The minimum Gasteiger partial charge on any atom is -0.466 e. The molecule has 1 aliphatic rings. The summed E-state index contributed by atoms with van der Waals surface area (Å²) in [4.78, 5) is 11.2. The summed E-state index contributed by atoms with van der Waals surface area (Å²) in [5.41, 5.74) is 6.05. The molecule has 0 aliphatic heterocycles. The second-order valence-corrected chi connectivity index (χ2v) is 5.76. The van der Waals surface area contributed by atoms with E-state index in [2.05, 4.69) is 6.92 Å². The maximum atomic E-state index is 11.2. The number of hydrogen-bond donors (Lipinski definition) is 2. The average molecular weight is 283 g/mol. The molecule has 1 fully saturated rings. The standard InChI is InChI=1S/C16H29NO3/c1-3-16(11-6-12-16)14(18)8-5-7-13(17)9-10-15(19)20-4-2/h5,7,13-14,18H,3-4,6,8-12,17H2,1-2H3/t13-,14-/m0/s1.